The Morgan fingerprint density at radius 3 is 2.83 bits per heavy atom. The Bertz CT molecular complexity index is 1110. The maximum atomic E-state index is 12.4. The van der Waals surface area contributed by atoms with E-state index in [1.54, 1.807) is 16.3 Å². The summed E-state index contributed by atoms with van der Waals surface area (Å²) in [6.07, 6.45) is 3.60. The van der Waals surface area contributed by atoms with Gasteiger partial charge in [0.05, 0.1) is 16.4 Å². The van der Waals surface area contributed by atoms with Gasteiger partial charge in [-0.3, -0.25) is 9.48 Å². The fourth-order valence-corrected chi connectivity index (χ4v) is 4.15. The highest BCUT2D eigenvalue weighted by Gasteiger charge is 2.13. The highest BCUT2D eigenvalue weighted by molar-refractivity contribution is 7.16. The lowest BCUT2D eigenvalue weighted by atomic mass is 10.3. The van der Waals surface area contributed by atoms with Gasteiger partial charge in [-0.2, -0.15) is 10.1 Å². The molecule has 0 radical (unpaired) electrons. The second-order valence-corrected chi connectivity index (χ2v) is 7.14. The Labute approximate surface area is 145 Å². The van der Waals surface area contributed by atoms with Crippen LogP contribution in [0.3, 0.4) is 0 Å². The number of hydrogen-bond donors (Lipinski definition) is 0. The lowest BCUT2D eigenvalue weighted by Crippen LogP contribution is -2.13. The SMILES string of the molecule is Cn1cc(-c2nc(C(=O)N=c3sc4ccccc4n3C)cs2)cn1. The highest BCUT2D eigenvalue weighted by Crippen LogP contribution is 2.23. The van der Waals surface area contributed by atoms with Crippen molar-refractivity contribution in [1.82, 2.24) is 19.3 Å². The molecule has 0 unspecified atom stereocenters. The van der Waals surface area contributed by atoms with Gasteiger partial charge in [0.1, 0.15) is 10.7 Å². The van der Waals surface area contributed by atoms with E-state index in [2.05, 4.69) is 15.1 Å². The summed E-state index contributed by atoms with van der Waals surface area (Å²) in [5.74, 6) is -0.330. The zero-order chi connectivity index (χ0) is 16.7. The van der Waals surface area contributed by atoms with Crippen molar-refractivity contribution < 1.29 is 4.79 Å². The van der Waals surface area contributed by atoms with Crippen LogP contribution < -0.4 is 4.80 Å². The quantitative estimate of drug-likeness (QED) is 0.555. The fourth-order valence-electron chi connectivity index (χ4n) is 2.37. The number of amides is 1. The van der Waals surface area contributed by atoms with Crippen LogP contribution in [-0.4, -0.2) is 25.2 Å². The van der Waals surface area contributed by atoms with E-state index in [1.165, 1.54) is 22.7 Å². The van der Waals surface area contributed by atoms with Gasteiger partial charge in [-0.1, -0.05) is 23.5 Å². The van der Waals surface area contributed by atoms with Crippen LogP contribution in [0.1, 0.15) is 10.5 Å². The van der Waals surface area contributed by atoms with Crippen LogP contribution in [0.25, 0.3) is 20.8 Å². The zero-order valence-electron chi connectivity index (χ0n) is 13.0. The molecule has 0 aliphatic rings. The molecule has 0 saturated heterocycles. The molecule has 1 amide bonds. The molecule has 24 heavy (non-hydrogen) atoms. The summed E-state index contributed by atoms with van der Waals surface area (Å²) in [5.41, 5.74) is 2.31. The molecular weight excluding hydrogens is 342 g/mol. The maximum Gasteiger partial charge on any atom is 0.299 e. The van der Waals surface area contributed by atoms with Crippen LogP contribution in [0.15, 0.2) is 47.0 Å². The number of aryl methyl sites for hydroxylation is 2. The predicted molar refractivity (Wildman–Crippen MR) is 95.0 cm³/mol. The van der Waals surface area contributed by atoms with Gasteiger partial charge in [0.2, 0.25) is 0 Å². The third-order valence-corrected chi connectivity index (χ3v) is 5.59. The normalized spacial score (nSPS) is 12.2. The molecule has 0 aliphatic carbocycles. The summed E-state index contributed by atoms with van der Waals surface area (Å²) in [7, 11) is 3.76. The molecule has 0 aliphatic heterocycles. The first-order chi connectivity index (χ1) is 11.6. The molecule has 0 saturated carbocycles. The number of carbonyl (C=O) groups excluding carboxylic acids is 1. The number of benzene rings is 1. The van der Waals surface area contributed by atoms with Crippen molar-refractivity contribution >= 4 is 38.8 Å². The predicted octanol–water partition coefficient (Wildman–Crippen LogP) is 2.84. The summed E-state index contributed by atoms with van der Waals surface area (Å²) in [6.45, 7) is 0. The second kappa shape index (κ2) is 5.81. The van der Waals surface area contributed by atoms with E-state index in [9.17, 15) is 4.79 Å². The van der Waals surface area contributed by atoms with Crippen LogP contribution in [0, 0.1) is 0 Å². The first kappa shape index (κ1) is 15.0. The largest absolute Gasteiger partial charge is 0.319 e. The van der Waals surface area contributed by atoms with Crippen molar-refractivity contribution in [2.24, 2.45) is 19.1 Å². The minimum Gasteiger partial charge on any atom is -0.319 e. The number of rotatable bonds is 2. The molecule has 0 atom stereocenters. The van der Waals surface area contributed by atoms with Gasteiger partial charge < -0.3 is 4.57 Å². The molecule has 0 fully saturated rings. The molecule has 4 rings (SSSR count). The van der Waals surface area contributed by atoms with Gasteiger partial charge in [0, 0.05) is 31.2 Å². The second-order valence-electron chi connectivity index (χ2n) is 5.27. The number of nitrogens with zero attached hydrogens (tertiary/aromatic N) is 5. The lowest BCUT2D eigenvalue weighted by molar-refractivity contribution is 0.0994. The first-order valence-electron chi connectivity index (χ1n) is 7.20. The highest BCUT2D eigenvalue weighted by atomic mass is 32.1. The number of aromatic nitrogens is 4. The maximum absolute atomic E-state index is 12.4. The van der Waals surface area contributed by atoms with E-state index in [-0.39, 0.29) is 5.91 Å². The van der Waals surface area contributed by atoms with Crippen molar-refractivity contribution in [3.63, 3.8) is 0 Å². The van der Waals surface area contributed by atoms with E-state index in [0.717, 1.165) is 20.8 Å². The first-order valence-corrected chi connectivity index (χ1v) is 8.89. The van der Waals surface area contributed by atoms with Gasteiger partial charge >= 0.3 is 0 Å². The molecule has 6 nitrogen and oxygen atoms in total. The van der Waals surface area contributed by atoms with E-state index in [1.807, 2.05) is 49.1 Å². The molecule has 4 aromatic rings. The van der Waals surface area contributed by atoms with E-state index < -0.39 is 0 Å². The van der Waals surface area contributed by atoms with E-state index >= 15 is 0 Å². The van der Waals surface area contributed by atoms with Crippen molar-refractivity contribution in [3.8, 4) is 10.6 Å². The van der Waals surface area contributed by atoms with Gasteiger partial charge in [-0.05, 0) is 12.1 Å². The van der Waals surface area contributed by atoms with Crippen LogP contribution in [0.5, 0.6) is 0 Å². The average Bonchev–Trinajstić information content (AvgIpc) is 3.28. The van der Waals surface area contributed by atoms with Gasteiger partial charge in [-0.25, -0.2) is 4.98 Å². The number of thiazole rings is 2. The monoisotopic (exact) mass is 355 g/mol. The molecule has 1 aromatic carbocycles. The summed E-state index contributed by atoms with van der Waals surface area (Å²) in [6, 6.07) is 7.98. The third-order valence-electron chi connectivity index (χ3n) is 3.59. The van der Waals surface area contributed by atoms with Gasteiger partial charge in [-0.15, -0.1) is 11.3 Å². The van der Waals surface area contributed by atoms with Crippen LogP contribution in [0.4, 0.5) is 0 Å². The zero-order valence-corrected chi connectivity index (χ0v) is 14.6. The number of carbonyl (C=O) groups is 1. The molecule has 0 bridgehead atoms. The molecule has 8 heteroatoms. The summed E-state index contributed by atoms with van der Waals surface area (Å²) in [5, 5.41) is 6.63. The fraction of sp³-hybridized carbons (Fsp3) is 0.125. The molecule has 3 heterocycles. The van der Waals surface area contributed by atoms with Crippen LogP contribution >= 0.6 is 22.7 Å². The molecule has 120 valence electrons. The number of fused-ring (bicyclic) bond motifs is 1. The Hall–Kier alpha value is -2.58. The minimum atomic E-state index is -0.330. The smallest absolute Gasteiger partial charge is 0.299 e. The topological polar surface area (TPSA) is 65.1 Å². The van der Waals surface area contributed by atoms with Gasteiger partial charge in [0.25, 0.3) is 5.91 Å². The Morgan fingerprint density at radius 1 is 1.25 bits per heavy atom. The van der Waals surface area contributed by atoms with E-state index in [0.29, 0.717) is 10.5 Å². The number of para-hydroxylation sites is 1. The Kier molecular flexibility index (Phi) is 3.62. The Morgan fingerprint density at radius 2 is 2.08 bits per heavy atom. The molecule has 0 spiro atoms. The van der Waals surface area contributed by atoms with Crippen molar-refractivity contribution in [2.45, 2.75) is 0 Å². The summed E-state index contributed by atoms with van der Waals surface area (Å²) >= 11 is 2.91. The van der Waals surface area contributed by atoms with E-state index in [4.69, 9.17) is 0 Å². The van der Waals surface area contributed by atoms with Crippen molar-refractivity contribution in [1.29, 1.82) is 0 Å². The molecule has 3 aromatic heterocycles. The Balaban J connectivity index is 1.71. The summed E-state index contributed by atoms with van der Waals surface area (Å²) < 4.78 is 4.73. The van der Waals surface area contributed by atoms with Crippen LogP contribution in [-0.2, 0) is 14.1 Å². The summed E-state index contributed by atoms with van der Waals surface area (Å²) in [4.78, 5) is 21.7. The number of hydrogen-bond acceptors (Lipinski definition) is 5. The molecular formula is C16H13N5OS2. The van der Waals surface area contributed by atoms with Crippen molar-refractivity contribution in [3.05, 3.63) is 52.5 Å². The average molecular weight is 355 g/mol. The van der Waals surface area contributed by atoms with Crippen molar-refractivity contribution in [2.75, 3.05) is 0 Å². The molecule has 0 N–H and O–H groups in total. The van der Waals surface area contributed by atoms with Crippen LogP contribution in [0.2, 0.25) is 0 Å². The van der Waals surface area contributed by atoms with Gasteiger partial charge in [0.15, 0.2) is 4.80 Å². The standard InChI is InChI=1S/C16H13N5OS2/c1-20-8-10(7-17-20)15-18-11(9-23-15)14(22)19-16-21(2)12-5-3-4-6-13(12)24-16/h3-9H,1-2H3. The minimum absolute atomic E-state index is 0.330. The lowest BCUT2D eigenvalue weighted by Gasteiger charge is -1.93. The third kappa shape index (κ3) is 2.59.